The van der Waals surface area contributed by atoms with E-state index in [4.69, 9.17) is 4.99 Å². The highest BCUT2D eigenvalue weighted by atomic mass is 32.2. The van der Waals surface area contributed by atoms with E-state index in [-0.39, 0.29) is 11.2 Å². The maximum Gasteiger partial charge on any atom is 0.211 e. The van der Waals surface area contributed by atoms with Gasteiger partial charge in [0, 0.05) is 54.0 Å². The molecule has 0 spiro atoms. The Morgan fingerprint density at radius 1 is 1.27 bits per heavy atom. The Bertz CT molecular complexity index is 609. The number of nitrogens with one attached hydrogen (secondary N) is 2. The zero-order valence-electron chi connectivity index (χ0n) is 16.2. The maximum atomic E-state index is 12.1. The molecule has 1 aliphatic heterocycles. The number of guanidine groups is 1. The lowest BCUT2D eigenvalue weighted by Crippen LogP contribution is -2.46. The van der Waals surface area contributed by atoms with Gasteiger partial charge >= 0.3 is 0 Å². The van der Waals surface area contributed by atoms with Crippen molar-refractivity contribution in [1.82, 2.24) is 14.9 Å². The predicted octanol–water partition coefficient (Wildman–Crippen LogP) is 0.903. The third-order valence-corrected chi connectivity index (χ3v) is 8.20. The second-order valence-electron chi connectivity index (χ2n) is 7.29. The Labute approximate surface area is 160 Å². The van der Waals surface area contributed by atoms with Gasteiger partial charge in [-0.3, -0.25) is 9.20 Å². The average Bonchev–Trinajstić information content (AvgIpc) is 3.09. The number of aliphatic imine (C=N–C) groups is 1. The van der Waals surface area contributed by atoms with Gasteiger partial charge in [0.1, 0.15) is 0 Å². The van der Waals surface area contributed by atoms with Crippen molar-refractivity contribution in [2.24, 2.45) is 10.9 Å². The highest BCUT2D eigenvalue weighted by Crippen LogP contribution is 2.23. The molecule has 4 unspecified atom stereocenters. The first-order valence-corrected chi connectivity index (χ1v) is 12.9. The molecule has 0 aromatic rings. The molecule has 2 aliphatic rings. The van der Waals surface area contributed by atoms with Crippen LogP contribution in [0, 0.1) is 5.92 Å². The minimum absolute atomic E-state index is 0.270. The highest BCUT2D eigenvalue weighted by molar-refractivity contribution is 7.88. The summed E-state index contributed by atoms with van der Waals surface area (Å²) >= 11 is 0. The SMILES string of the molecule is CCNC(=NCC1CCN(S(C)(=O)=O)C1)NC1CCCC(S(=O)CC)C1. The summed E-state index contributed by atoms with van der Waals surface area (Å²) in [6, 6.07) is 0.304. The summed E-state index contributed by atoms with van der Waals surface area (Å²) in [5, 5.41) is 7.07. The Morgan fingerprint density at radius 2 is 2.04 bits per heavy atom. The second-order valence-corrected chi connectivity index (χ2v) is 11.3. The van der Waals surface area contributed by atoms with Crippen molar-refractivity contribution in [3.8, 4) is 0 Å². The van der Waals surface area contributed by atoms with Crippen LogP contribution in [0.4, 0.5) is 0 Å². The summed E-state index contributed by atoms with van der Waals surface area (Å²) in [5.41, 5.74) is 0. The zero-order valence-corrected chi connectivity index (χ0v) is 17.9. The summed E-state index contributed by atoms with van der Waals surface area (Å²) in [5.74, 6) is 1.79. The first-order chi connectivity index (χ1) is 12.3. The van der Waals surface area contributed by atoms with E-state index in [1.807, 2.05) is 13.8 Å². The van der Waals surface area contributed by atoms with Crippen LogP contribution < -0.4 is 10.6 Å². The van der Waals surface area contributed by atoms with Crippen LogP contribution in [0.1, 0.15) is 46.0 Å². The Hall–Kier alpha value is -0.670. The summed E-state index contributed by atoms with van der Waals surface area (Å²) in [6.45, 7) is 6.58. The normalized spacial score (nSPS) is 29.5. The van der Waals surface area contributed by atoms with Crippen molar-refractivity contribution < 1.29 is 12.6 Å². The fourth-order valence-corrected chi connectivity index (χ4v) is 6.00. The lowest BCUT2D eigenvalue weighted by Gasteiger charge is -2.30. The van der Waals surface area contributed by atoms with Crippen LogP contribution in [0.25, 0.3) is 0 Å². The standard InChI is InChI=1S/C17H34N4O3S2/c1-4-18-17(19-12-14-9-10-21(13-14)26(3,23)24)20-15-7-6-8-16(11-15)25(22)5-2/h14-16H,4-13H2,1-3H3,(H2,18,19,20). The van der Waals surface area contributed by atoms with E-state index in [1.54, 1.807) is 4.31 Å². The number of hydrogen-bond acceptors (Lipinski definition) is 4. The molecular formula is C17H34N4O3S2. The van der Waals surface area contributed by atoms with Crippen LogP contribution in [-0.2, 0) is 20.8 Å². The van der Waals surface area contributed by atoms with Crippen molar-refractivity contribution in [3.05, 3.63) is 0 Å². The molecule has 2 rings (SSSR count). The van der Waals surface area contributed by atoms with E-state index >= 15 is 0 Å². The van der Waals surface area contributed by atoms with E-state index in [0.29, 0.717) is 25.7 Å². The first-order valence-electron chi connectivity index (χ1n) is 9.70. The number of nitrogens with zero attached hydrogens (tertiary/aromatic N) is 2. The van der Waals surface area contributed by atoms with Gasteiger partial charge in [-0.05, 0) is 38.5 Å². The number of sulfonamides is 1. The zero-order chi connectivity index (χ0) is 19.2. The van der Waals surface area contributed by atoms with Gasteiger partial charge in [0.2, 0.25) is 10.0 Å². The quantitative estimate of drug-likeness (QED) is 0.484. The molecule has 0 aromatic carbocycles. The van der Waals surface area contributed by atoms with Gasteiger partial charge in [-0.15, -0.1) is 0 Å². The summed E-state index contributed by atoms with van der Waals surface area (Å²) in [6.07, 6.45) is 6.28. The van der Waals surface area contributed by atoms with E-state index < -0.39 is 20.8 Å². The van der Waals surface area contributed by atoms with Gasteiger partial charge in [0.05, 0.1) is 6.26 Å². The molecule has 2 fully saturated rings. The topological polar surface area (TPSA) is 90.9 Å². The van der Waals surface area contributed by atoms with Crippen LogP contribution in [0.2, 0.25) is 0 Å². The van der Waals surface area contributed by atoms with E-state index in [0.717, 1.165) is 50.4 Å². The second kappa shape index (κ2) is 10.0. The molecule has 9 heteroatoms. The summed E-state index contributed by atoms with van der Waals surface area (Å²) in [7, 11) is -3.83. The molecule has 1 aliphatic carbocycles. The molecule has 0 aromatic heterocycles. The Morgan fingerprint density at radius 3 is 2.65 bits per heavy atom. The molecule has 0 amide bonds. The van der Waals surface area contributed by atoms with Crippen molar-refractivity contribution in [3.63, 3.8) is 0 Å². The molecular weight excluding hydrogens is 372 g/mol. The molecule has 1 saturated heterocycles. The van der Waals surface area contributed by atoms with Crippen LogP contribution >= 0.6 is 0 Å². The van der Waals surface area contributed by atoms with Crippen molar-refractivity contribution in [1.29, 1.82) is 0 Å². The minimum atomic E-state index is -3.10. The highest BCUT2D eigenvalue weighted by Gasteiger charge is 2.29. The van der Waals surface area contributed by atoms with Crippen LogP contribution in [0.15, 0.2) is 4.99 Å². The molecule has 2 N–H and O–H groups in total. The fraction of sp³-hybridized carbons (Fsp3) is 0.941. The van der Waals surface area contributed by atoms with Crippen molar-refractivity contribution in [2.45, 2.75) is 57.2 Å². The van der Waals surface area contributed by atoms with Crippen LogP contribution in [0.3, 0.4) is 0 Å². The van der Waals surface area contributed by atoms with Gasteiger partial charge in [0.15, 0.2) is 5.96 Å². The molecule has 4 atom stereocenters. The van der Waals surface area contributed by atoms with Crippen molar-refractivity contribution >= 4 is 26.8 Å². The minimum Gasteiger partial charge on any atom is -0.357 e. The molecule has 152 valence electrons. The molecule has 7 nitrogen and oxygen atoms in total. The lowest BCUT2D eigenvalue weighted by molar-refractivity contribution is 0.413. The van der Waals surface area contributed by atoms with Gasteiger partial charge < -0.3 is 10.6 Å². The average molecular weight is 407 g/mol. The molecule has 1 heterocycles. The molecule has 1 saturated carbocycles. The Balaban J connectivity index is 1.89. The fourth-order valence-electron chi connectivity index (χ4n) is 3.73. The third kappa shape index (κ3) is 6.49. The predicted molar refractivity (Wildman–Crippen MR) is 108 cm³/mol. The van der Waals surface area contributed by atoms with Gasteiger partial charge in [-0.1, -0.05) is 13.3 Å². The Kier molecular flexibility index (Phi) is 8.35. The van der Waals surface area contributed by atoms with Crippen molar-refractivity contribution in [2.75, 3.05) is 38.2 Å². The van der Waals surface area contributed by atoms with Gasteiger partial charge in [-0.2, -0.15) is 0 Å². The molecule has 0 bridgehead atoms. The van der Waals surface area contributed by atoms with E-state index in [2.05, 4.69) is 10.6 Å². The monoisotopic (exact) mass is 406 g/mol. The summed E-state index contributed by atoms with van der Waals surface area (Å²) in [4.78, 5) is 4.69. The van der Waals surface area contributed by atoms with Crippen LogP contribution in [0.5, 0.6) is 0 Å². The number of rotatable bonds is 7. The third-order valence-electron chi connectivity index (χ3n) is 5.19. The first kappa shape index (κ1) is 21.6. The van der Waals surface area contributed by atoms with Crippen LogP contribution in [-0.4, -0.2) is 72.4 Å². The van der Waals surface area contributed by atoms with E-state index in [1.165, 1.54) is 6.26 Å². The molecule has 26 heavy (non-hydrogen) atoms. The molecule has 0 radical (unpaired) electrons. The van der Waals surface area contributed by atoms with Gasteiger partial charge in [0.25, 0.3) is 0 Å². The largest absolute Gasteiger partial charge is 0.357 e. The number of hydrogen-bond donors (Lipinski definition) is 2. The lowest BCUT2D eigenvalue weighted by atomic mass is 9.95. The summed E-state index contributed by atoms with van der Waals surface area (Å²) < 4.78 is 36.9. The van der Waals surface area contributed by atoms with Gasteiger partial charge in [-0.25, -0.2) is 12.7 Å². The smallest absolute Gasteiger partial charge is 0.211 e. The van der Waals surface area contributed by atoms with E-state index in [9.17, 15) is 12.6 Å². The maximum absolute atomic E-state index is 12.1.